The zero-order valence-electron chi connectivity index (χ0n) is 13.2. The minimum atomic E-state index is -0.692. The first-order valence-corrected chi connectivity index (χ1v) is 8.63. The molecule has 0 radical (unpaired) electrons. The summed E-state index contributed by atoms with van der Waals surface area (Å²) in [7, 11) is 0. The van der Waals surface area contributed by atoms with E-state index in [1.54, 1.807) is 6.92 Å². The molecule has 0 amide bonds. The molecule has 130 valence electrons. The van der Waals surface area contributed by atoms with E-state index >= 15 is 0 Å². The Morgan fingerprint density at radius 1 is 1.48 bits per heavy atom. The summed E-state index contributed by atoms with van der Waals surface area (Å²) in [6.07, 6.45) is 2.43. The lowest BCUT2D eigenvalue weighted by molar-refractivity contribution is -0.303. The van der Waals surface area contributed by atoms with Gasteiger partial charge < -0.3 is 9.47 Å². The van der Waals surface area contributed by atoms with E-state index < -0.39 is 17.7 Å². The Balaban J connectivity index is 1.89. The number of unbranched alkanes of at least 4 members (excludes halogenated alkanes) is 1. The molecule has 1 aliphatic rings. The number of hydrogen-bond acceptors (Lipinski definition) is 7. The second-order valence-corrected chi connectivity index (χ2v) is 6.02. The fourth-order valence-corrected chi connectivity index (χ4v) is 2.89. The lowest BCUT2D eigenvalue weighted by Gasteiger charge is -2.15. The van der Waals surface area contributed by atoms with Gasteiger partial charge in [-0.15, -0.1) is 11.8 Å². The number of rotatable bonds is 9. The van der Waals surface area contributed by atoms with Crippen molar-refractivity contribution in [1.82, 2.24) is 9.55 Å². The molecular weight excluding hydrogens is 327 g/mol. The summed E-state index contributed by atoms with van der Waals surface area (Å²) in [6, 6.07) is 0. The zero-order valence-corrected chi connectivity index (χ0v) is 14.0. The number of nitrogens with zero attached hydrogens (tertiary/aromatic N) is 2. The van der Waals surface area contributed by atoms with Crippen LogP contribution in [0.5, 0.6) is 5.88 Å². The van der Waals surface area contributed by atoms with Gasteiger partial charge >= 0.3 is 5.69 Å². The van der Waals surface area contributed by atoms with Gasteiger partial charge in [0.15, 0.2) is 0 Å². The van der Waals surface area contributed by atoms with Gasteiger partial charge in [-0.3, -0.25) is 4.57 Å². The maximum absolute atomic E-state index is 13.8. The standard InChI is InChI=1S/C14H21FN2O5S/c1-3-5-6-20-21-8-12-22-11(9-23-12)17-7-10(15)13(19-4-2)16-14(17)18/h7,11-12H,3-6,8-9H2,1-2H3. The molecule has 2 heterocycles. The van der Waals surface area contributed by atoms with Crippen LogP contribution >= 0.6 is 11.8 Å². The lowest BCUT2D eigenvalue weighted by atomic mass is 10.4. The molecule has 1 saturated heterocycles. The Labute approximate surface area is 138 Å². The van der Waals surface area contributed by atoms with Crippen LogP contribution < -0.4 is 10.4 Å². The van der Waals surface area contributed by atoms with Gasteiger partial charge in [0, 0.05) is 5.75 Å². The summed E-state index contributed by atoms with van der Waals surface area (Å²) < 4.78 is 25.6. The first-order valence-electron chi connectivity index (χ1n) is 7.58. The summed E-state index contributed by atoms with van der Waals surface area (Å²) in [5.41, 5.74) is -0.885. The monoisotopic (exact) mass is 348 g/mol. The Kier molecular flexibility index (Phi) is 7.28. The van der Waals surface area contributed by atoms with Gasteiger partial charge in [-0.25, -0.2) is 14.6 Å². The van der Waals surface area contributed by atoms with E-state index in [1.807, 2.05) is 0 Å². The highest BCUT2D eigenvalue weighted by Gasteiger charge is 2.29. The molecule has 0 aromatic carbocycles. The molecule has 0 saturated carbocycles. The van der Waals surface area contributed by atoms with Crippen molar-refractivity contribution in [2.45, 2.75) is 38.4 Å². The largest absolute Gasteiger partial charge is 0.476 e. The molecule has 0 aliphatic carbocycles. The van der Waals surface area contributed by atoms with Crippen LogP contribution in [0, 0.1) is 5.82 Å². The third kappa shape index (κ3) is 5.17. The average Bonchev–Trinajstić information content (AvgIpc) is 2.99. The normalized spacial score (nSPS) is 20.8. The van der Waals surface area contributed by atoms with Gasteiger partial charge in [0.1, 0.15) is 18.3 Å². The number of halogens is 1. The highest BCUT2D eigenvalue weighted by atomic mass is 32.2. The van der Waals surface area contributed by atoms with Crippen molar-refractivity contribution in [3.05, 3.63) is 22.5 Å². The van der Waals surface area contributed by atoms with Gasteiger partial charge in [0.2, 0.25) is 5.82 Å². The van der Waals surface area contributed by atoms with Crippen LogP contribution in [-0.4, -0.2) is 40.6 Å². The van der Waals surface area contributed by atoms with Crippen LogP contribution in [-0.2, 0) is 14.5 Å². The number of aromatic nitrogens is 2. The minimum absolute atomic E-state index is 0.237. The Hall–Kier alpha value is -1.16. The summed E-state index contributed by atoms with van der Waals surface area (Å²) in [5.74, 6) is -0.482. The van der Waals surface area contributed by atoms with Crippen molar-refractivity contribution in [2.24, 2.45) is 0 Å². The van der Waals surface area contributed by atoms with Crippen molar-refractivity contribution in [2.75, 3.05) is 25.6 Å². The van der Waals surface area contributed by atoms with Crippen molar-refractivity contribution in [3.63, 3.8) is 0 Å². The fraction of sp³-hybridized carbons (Fsp3) is 0.714. The zero-order chi connectivity index (χ0) is 16.7. The van der Waals surface area contributed by atoms with Crippen LogP contribution in [0.25, 0.3) is 0 Å². The second kappa shape index (κ2) is 9.21. The van der Waals surface area contributed by atoms with Gasteiger partial charge in [0.25, 0.3) is 5.88 Å². The molecule has 2 unspecified atom stereocenters. The van der Waals surface area contributed by atoms with Crippen LogP contribution in [0.15, 0.2) is 11.0 Å². The number of ether oxygens (including phenoxy) is 2. The molecule has 9 heteroatoms. The summed E-state index contributed by atoms with van der Waals surface area (Å²) in [6.45, 7) is 4.76. The third-order valence-electron chi connectivity index (χ3n) is 3.07. The molecule has 23 heavy (non-hydrogen) atoms. The van der Waals surface area contributed by atoms with Crippen LogP contribution in [0.3, 0.4) is 0 Å². The van der Waals surface area contributed by atoms with E-state index in [1.165, 1.54) is 11.8 Å². The average molecular weight is 348 g/mol. The fourth-order valence-electron chi connectivity index (χ4n) is 1.92. The van der Waals surface area contributed by atoms with Crippen molar-refractivity contribution in [3.8, 4) is 5.88 Å². The van der Waals surface area contributed by atoms with E-state index in [4.69, 9.17) is 19.2 Å². The van der Waals surface area contributed by atoms with E-state index in [0.29, 0.717) is 12.4 Å². The molecule has 0 N–H and O–H groups in total. The van der Waals surface area contributed by atoms with Gasteiger partial charge in [0.05, 0.1) is 19.4 Å². The van der Waals surface area contributed by atoms with Crippen LogP contribution in [0.2, 0.25) is 0 Å². The van der Waals surface area contributed by atoms with Crippen molar-refractivity contribution in [1.29, 1.82) is 0 Å². The molecule has 1 aromatic rings. The summed E-state index contributed by atoms with van der Waals surface area (Å²) in [5, 5.41) is 0. The van der Waals surface area contributed by atoms with Gasteiger partial charge in [-0.2, -0.15) is 9.37 Å². The van der Waals surface area contributed by atoms with E-state index in [-0.39, 0.29) is 24.5 Å². The minimum Gasteiger partial charge on any atom is -0.476 e. The predicted molar refractivity (Wildman–Crippen MR) is 82.8 cm³/mol. The molecule has 0 bridgehead atoms. The van der Waals surface area contributed by atoms with Gasteiger partial charge in [-0.05, 0) is 13.3 Å². The number of hydrogen-bond donors (Lipinski definition) is 0. The van der Waals surface area contributed by atoms with Crippen LogP contribution in [0.4, 0.5) is 4.39 Å². The molecular formula is C14H21FN2O5S. The molecule has 1 aromatic heterocycles. The van der Waals surface area contributed by atoms with Crippen LogP contribution in [0.1, 0.15) is 32.9 Å². The Morgan fingerprint density at radius 2 is 2.30 bits per heavy atom. The second-order valence-electron chi connectivity index (χ2n) is 4.83. The highest BCUT2D eigenvalue weighted by molar-refractivity contribution is 8.00. The Bertz CT molecular complexity index is 556. The van der Waals surface area contributed by atoms with E-state index in [2.05, 4.69) is 11.9 Å². The predicted octanol–water partition coefficient (Wildman–Crippen LogP) is 2.12. The smallest absolute Gasteiger partial charge is 0.353 e. The quantitative estimate of drug-likeness (QED) is 0.384. The molecule has 0 spiro atoms. The number of thioether (sulfide) groups is 1. The van der Waals surface area contributed by atoms with E-state index in [9.17, 15) is 9.18 Å². The van der Waals surface area contributed by atoms with Gasteiger partial charge in [-0.1, -0.05) is 13.3 Å². The Morgan fingerprint density at radius 3 is 3.04 bits per heavy atom. The molecule has 7 nitrogen and oxygen atoms in total. The maximum atomic E-state index is 13.8. The summed E-state index contributed by atoms with van der Waals surface area (Å²) >= 11 is 1.47. The first-order chi connectivity index (χ1) is 11.2. The topological polar surface area (TPSA) is 71.8 Å². The molecule has 2 atom stereocenters. The molecule has 2 rings (SSSR count). The lowest BCUT2D eigenvalue weighted by Crippen LogP contribution is -2.29. The SMILES string of the molecule is CCCCOOCC1OC(n2cc(F)c(OCC)nc2=O)CS1. The van der Waals surface area contributed by atoms with Crippen molar-refractivity contribution < 1.29 is 23.6 Å². The molecule has 1 fully saturated rings. The first kappa shape index (κ1) is 18.2. The highest BCUT2D eigenvalue weighted by Crippen LogP contribution is 2.31. The molecule has 1 aliphatic heterocycles. The van der Waals surface area contributed by atoms with Crippen molar-refractivity contribution >= 4 is 11.8 Å². The maximum Gasteiger partial charge on any atom is 0.353 e. The van der Waals surface area contributed by atoms with E-state index in [0.717, 1.165) is 23.6 Å². The summed E-state index contributed by atoms with van der Waals surface area (Å²) in [4.78, 5) is 25.6. The third-order valence-corrected chi connectivity index (χ3v) is 4.16.